The Labute approximate surface area is 175 Å². The molecule has 0 aliphatic rings. The molecule has 30 heavy (non-hydrogen) atoms. The predicted molar refractivity (Wildman–Crippen MR) is 113 cm³/mol. The molecule has 0 fully saturated rings. The molecule has 0 unspecified atom stereocenters. The summed E-state index contributed by atoms with van der Waals surface area (Å²) < 4.78 is 37.8. The number of anilines is 1. The van der Waals surface area contributed by atoms with Crippen molar-refractivity contribution in [2.24, 2.45) is 0 Å². The first kappa shape index (κ1) is 21.5. The number of hydrogen-bond donors (Lipinski definition) is 3. The zero-order valence-corrected chi connectivity index (χ0v) is 17.3. The van der Waals surface area contributed by atoms with E-state index in [0.29, 0.717) is 18.9 Å². The maximum Gasteiger partial charge on any atom is 0.357 e. The Bertz CT molecular complexity index is 1110. The fourth-order valence-corrected chi connectivity index (χ4v) is 3.33. The van der Waals surface area contributed by atoms with Crippen molar-refractivity contribution in [3.05, 3.63) is 71.6 Å². The molecule has 1 heterocycles. The van der Waals surface area contributed by atoms with E-state index in [4.69, 9.17) is 8.97 Å². The second-order valence-electron chi connectivity index (χ2n) is 6.75. The van der Waals surface area contributed by atoms with Crippen LogP contribution in [-0.4, -0.2) is 30.4 Å². The molecule has 0 aliphatic heterocycles. The van der Waals surface area contributed by atoms with Crippen molar-refractivity contribution in [3.8, 4) is 11.5 Å². The third-order valence-corrected chi connectivity index (χ3v) is 4.88. The van der Waals surface area contributed by atoms with Crippen molar-refractivity contribution in [3.63, 3.8) is 0 Å². The number of rotatable bonds is 9. The van der Waals surface area contributed by atoms with E-state index in [1.165, 1.54) is 0 Å². The van der Waals surface area contributed by atoms with Gasteiger partial charge in [0.2, 0.25) is 11.8 Å². The minimum Gasteiger partial charge on any atom is -0.444 e. The molecule has 8 nitrogen and oxygen atoms in total. The van der Waals surface area contributed by atoms with E-state index in [2.05, 4.69) is 10.3 Å². The topological polar surface area (TPSA) is 122 Å². The van der Waals surface area contributed by atoms with E-state index < -0.39 is 10.3 Å². The number of amides is 1. The SMILES string of the molecule is CCc1coc(-c2cccc(CC(=O)NCCc3ccc(NS(=O)(=O)O)cc3)c2)n1. The van der Waals surface area contributed by atoms with E-state index >= 15 is 0 Å². The molecule has 3 rings (SSSR count). The van der Waals surface area contributed by atoms with Crippen LogP contribution in [0, 0.1) is 0 Å². The molecule has 158 valence electrons. The maximum atomic E-state index is 12.3. The summed E-state index contributed by atoms with van der Waals surface area (Å²) in [7, 11) is -4.29. The molecular weight excluding hydrogens is 406 g/mol. The molecular formula is C21H23N3O5S. The molecule has 0 aliphatic carbocycles. The van der Waals surface area contributed by atoms with Crippen LogP contribution in [0.2, 0.25) is 0 Å². The van der Waals surface area contributed by atoms with Crippen molar-refractivity contribution in [2.75, 3.05) is 11.3 Å². The van der Waals surface area contributed by atoms with Gasteiger partial charge in [-0.2, -0.15) is 8.42 Å². The van der Waals surface area contributed by atoms with Crippen LogP contribution < -0.4 is 10.0 Å². The third-order valence-electron chi connectivity index (χ3n) is 4.39. The van der Waals surface area contributed by atoms with Crippen LogP contribution in [0.3, 0.4) is 0 Å². The van der Waals surface area contributed by atoms with E-state index in [9.17, 15) is 13.2 Å². The summed E-state index contributed by atoms with van der Waals surface area (Å²) in [6.45, 7) is 2.45. The van der Waals surface area contributed by atoms with Gasteiger partial charge in [0.25, 0.3) is 0 Å². The lowest BCUT2D eigenvalue weighted by Crippen LogP contribution is -2.27. The van der Waals surface area contributed by atoms with E-state index in [-0.39, 0.29) is 18.0 Å². The highest BCUT2D eigenvalue weighted by Gasteiger charge is 2.09. The largest absolute Gasteiger partial charge is 0.444 e. The summed E-state index contributed by atoms with van der Waals surface area (Å²) in [4.78, 5) is 16.7. The Hall–Kier alpha value is -3.17. The van der Waals surface area contributed by atoms with Gasteiger partial charge >= 0.3 is 10.3 Å². The third kappa shape index (κ3) is 6.43. The lowest BCUT2D eigenvalue weighted by molar-refractivity contribution is -0.120. The molecule has 0 saturated heterocycles. The first-order chi connectivity index (χ1) is 14.3. The number of benzene rings is 2. The van der Waals surface area contributed by atoms with E-state index in [1.54, 1.807) is 30.5 Å². The lowest BCUT2D eigenvalue weighted by Gasteiger charge is -2.07. The van der Waals surface area contributed by atoms with Crippen LogP contribution >= 0.6 is 0 Å². The number of oxazole rings is 1. The van der Waals surface area contributed by atoms with Crippen molar-refractivity contribution < 1.29 is 22.2 Å². The van der Waals surface area contributed by atoms with Gasteiger partial charge < -0.3 is 9.73 Å². The van der Waals surface area contributed by atoms with Gasteiger partial charge in [0.1, 0.15) is 6.26 Å². The number of nitrogens with one attached hydrogen (secondary N) is 2. The van der Waals surface area contributed by atoms with Gasteiger partial charge in [0.05, 0.1) is 17.8 Å². The summed E-state index contributed by atoms with van der Waals surface area (Å²) in [6.07, 6.45) is 3.27. The zero-order chi connectivity index (χ0) is 21.6. The van der Waals surface area contributed by atoms with E-state index in [0.717, 1.165) is 28.8 Å². The van der Waals surface area contributed by atoms with Gasteiger partial charge in [-0.05, 0) is 48.2 Å². The number of carbonyl (C=O) groups is 1. The minimum atomic E-state index is -4.29. The summed E-state index contributed by atoms with van der Waals surface area (Å²) in [6, 6.07) is 14.1. The zero-order valence-electron chi connectivity index (χ0n) is 16.5. The average Bonchev–Trinajstić information content (AvgIpc) is 3.18. The van der Waals surface area contributed by atoms with Gasteiger partial charge in [-0.15, -0.1) is 0 Å². The molecule has 0 atom stereocenters. The molecule has 0 saturated carbocycles. The average molecular weight is 429 g/mol. The second-order valence-corrected chi connectivity index (χ2v) is 7.90. The fourth-order valence-electron chi connectivity index (χ4n) is 2.90. The van der Waals surface area contributed by atoms with Gasteiger partial charge in [0.15, 0.2) is 0 Å². The van der Waals surface area contributed by atoms with Gasteiger partial charge in [0, 0.05) is 12.1 Å². The second kappa shape index (κ2) is 9.55. The highest BCUT2D eigenvalue weighted by Crippen LogP contribution is 2.20. The predicted octanol–water partition coefficient (Wildman–Crippen LogP) is 3.02. The Morgan fingerprint density at radius 2 is 1.90 bits per heavy atom. The van der Waals surface area contributed by atoms with Gasteiger partial charge in [-0.1, -0.05) is 31.2 Å². The van der Waals surface area contributed by atoms with E-state index in [1.807, 2.05) is 35.9 Å². The van der Waals surface area contributed by atoms with Crippen molar-refractivity contribution in [1.29, 1.82) is 0 Å². The monoisotopic (exact) mass is 429 g/mol. The molecule has 3 aromatic rings. The normalized spacial score (nSPS) is 11.3. The lowest BCUT2D eigenvalue weighted by atomic mass is 10.1. The quantitative estimate of drug-likeness (QED) is 0.450. The van der Waals surface area contributed by atoms with Crippen LogP contribution in [0.5, 0.6) is 0 Å². The molecule has 1 amide bonds. The van der Waals surface area contributed by atoms with Crippen LogP contribution in [-0.2, 0) is 34.4 Å². The van der Waals surface area contributed by atoms with Crippen molar-refractivity contribution >= 4 is 21.9 Å². The van der Waals surface area contributed by atoms with Gasteiger partial charge in [-0.3, -0.25) is 14.1 Å². The van der Waals surface area contributed by atoms with Gasteiger partial charge in [-0.25, -0.2) is 4.98 Å². The van der Waals surface area contributed by atoms with Crippen LogP contribution in [0.25, 0.3) is 11.5 Å². The number of hydrogen-bond acceptors (Lipinski definition) is 5. The molecule has 9 heteroatoms. The number of aromatic nitrogens is 1. The molecule has 1 aromatic heterocycles. The molecule has 2 aromatic carbocycles. The summed E-state index contributed by atoms with van der Waals surface area (Å²) >= 11 is 0. The number of nitrogens with zero attached hydrogens (tertiary/aromatic N) is 1. The summed E-state index contributed by atoms with van der Waals surface area (Å²) in [5.41, 5.74) is 3.77. The van der Waals surface area contributed by atoms with Crippen molar-refractivity contribution in [1.82, 2.24) is 10.3 Å². The van der Waals surface area contributed by atoms with Crippen molar-refractivity contribution in [2.45, 2.75) is 26.2 Å². The molecule has 0 bridgehead atoms. The van der Waals surface area contributed by atoms with Crippen LogP contribution in [0.4, 0.5) is 5.69 Å². The fraction of sp³-hybridized carbons (Fsp3) is 0.238. The highest BCUT2D eigenvalue weighted by atomic mass is 32.2. The van der Waals surface area contributed by atoms with Crippen LogP contribution in [0.15, 0.2) is 59.2 Å². The Morgan fingerprint density at radius 1 is 1.13 bits per heavy atom. The minimum absolute atomic E-state index is 0.0986. The Balaban J connectivity index is 1.49. The maximum absolute atomic E-state index is 12.3. The smallest absolute Gasteiger partial charge is 0.357 e. The number of carbonyl (C=O) groups excluding carboxylic acids is 1. The Morgan fingerprint density at radius 3 is 2.57 bits per heavy atom. The highest BCUT2D eigenvalue weighted by molar-refractivity contribution is 7.87. The summed E-state index contributed by atoms with van der Waals surface area (Å²) in [5, 5.41) is 2.88. The molecule has 0 radical (unpaired) electrons. The standard InChI is InChI=1S/C21H23N3O5S/c1-2-18-14-29-21(23-18)17-5-3-4-16(12-17)13-20(25)22-11-10-15-6-8-19(9-7-15)24-30(26,27)28/h3-9,12,14,24H,2,10-11,13H2,1H3,(H,22,25)(H,26,27,28). The first-order valence-electron chi connectivity index (χ1n) is 9.47. The number of aryl methyl sites for hydroxylation is 1. The molecule has 3 N–H and O–H groups in total. The first-order valence-corrected chi connectivity index (χ1v) is 10.9. The summed E-state index contributed by atoms with van der Waals surface area (Å²) in [5.74, 6) is 0.444. The Kier molecular flexibility index (Phi) is 6.86. The van der Waals surface area contributed by atoms with Crippen LogP contribution in [0.1, 0.15) is 23.7 Å². The molecule has 0 spiro atoms.